The van der Waals surface area contributed by atoms with Crippen molar-refractivity contribution in [3.8, 4) is 0 Å². The van der Waals surface area contributed by atoms with Crippen LogP contribution in [0.1, 0.15) is 65.2 Å². The second-order valence-electron chi connectivity index (χ2n) is 3.81. The molecule has 0 atom stereocenters. The topological polar surface area (TPSA) is 0 Å². The molecule has 0 aromatic rings. The second kappa shape index (κ2) is 21.1. The molecule has 0 nitrogen and oxygen atoms in total. The normalized spacial score (nSPS) is 17.4. The van der Waals surface area contributed by atoms with Gasteiger partial charge in [0.05, 0.1) is 0 Å². The molecule has 0 amide bonds. The molecule has 2 radical (unpaired) electrons. The van der Waals surface area contributed by atoms with E-state index < -0.39 is 0 Å². The van der Waals surface area contributed by atoms with E-state index in [1.165, 1.54) is 51.4 Å². The molecule has 2 rings (SSSR count). The van der Waals surface area contributed by atoms with Crippen molar-refractivity contribution in [3.05, 3.63) is 25.0 Å². The molecule has 2 fully saturated rings. The van der Waals surface area contributed by atoms with E-state index in [9.17, 15) is 0 Å². The smallest absolute Gasteiger partial charge is 0 e. The van der Waals surface area contributed by atoms with Gasteiger partial charge in [-0.15, -0.1) is 0 Å². The van der Waals surface area contributed by atoms with E-state index in [2.05, 4.69) is 12.8 Å². The maximum Gasteiger partial charge on any atom is 0 e. The van der Waals surface area contributed by atoms with Crippen molar-refractivity contribution in [2.45, 2.75) is 65.2 Å². The van der Waals surface area contributed by atoms with Gasteiger partial charge in [0.2, 0.25) is 0 Å². The quantitative estimate of drug-likeness (QED) is 0.470. The van der Waals surface area contributed by atoms with Crippen molar-refractivity contribution in [3.63, 3.8) is 0 Å². The molecule has 0 aromatic heterocycles. The summed E-state index contributed by atoms with van der Waals surface area (Å²) in [5, 5.41) is 0. The van der Waals surface area contributed by atoms with Crippen LogP contribution in [0.5, 0.6) is 0 Å². The summed E-state index contributed by atoms with van der Waals surface area (Å²) >= 11 is 0. The molecule has 2 aliphatic rings. The Morgan fingerprint density at radius 1 is 0.688 bits per heavy atom. The minimum absolute atomic E-state index is 0. The minimum Gasteiger partial charge on any atom is -1.00 e. The molecule has 0 N–H and O–H groups in total. The van der Waals surface area contributed by atoms with Gasteiger partial charge in [-0.05, 0) is 26.7 Å². The van der Waals surface area contributed by atoms with Crippen LogP contribution >= 0.6 is 0 Å². The summed E-state index contributed by atoms with van der Waals surface area (Å²) in [6, 6.07) is 0. The standard InChI is InChI=1S/2C5H9.C4H8.ClH.Ti/c2*1-2-4-5-3-1;1-3-4-2;;/h2*1H,2-5H2;3-4H,1-2H3;1H;/p-1/b;;4-3+;;. The van der Waals surface area contributed by atoms with E-state index in [1.54, 1.807) is 0 Å². The SMILES string of the molecule is C/C=C/C.[CH]1CCCC1.[CH]1CCCC1.[Cl-].[Ti]. The van der Waals surface area contributed by atoms with Gasteiger partial charge >= 0.3 is 0 Å². The van der Waals surface area contributed by atoms with Gasteiger partial charge < -0.3 is 12.4 Å². The minimum atomic E-state index is 0. The Morgan fingerprint density at radius 2 is 0.938 bits per heavy atom. The van der Waals surface area contributed by atoms with Crippen LogP contribution in [0.4, 0.5) is 0 Å². The van der Waals surface area contributed by atoms with Crippen LogP contribution in [0.25, 0.3) is 0 Å². The van der Waals surface area contributed by atoms with Crippen LogP contribution in [-0.2, 0) is 21.7 Å². The van der Waals surface area contributed by atoms with Crippen LogP contribution in [0, 0.1) is 12.8 Å². The van der Waals surface area contributed by atoms with Crippen molar-refractivity contribution in [1.82, 2.24) is 0 Å². The molecule has 0 bridgehead atoms. The average molecular weight is 278 g/mol. The molecular formula is C14H26ClTi-. The second-order valence-corrected chi connectivity index (χ2v) is 3.81. The van der Waals surface area contributed by atoms with E-state index in [1.807, 2.05) is 26.0 Å². The van der Waals surface area contributed by atoms with Gasteiger partial charge in [-0.2, -0.15) is 0 Å². The van der Waals surface area contributed by atoms with Gasteiger partial charge in [0.25, 0.3) is 0 Å². The van der Waals surface area contributed by atoms with E-state index >= 15 is 0 Å². The Hall–Kier alpha value is 0.744. The number of hydrogen-bond donors (Lipinski definition) is 0. The predicted octanol–water partition coefficient (Wildman–Crippen LogP) is 2.11. The van der Waals surface area contributed by atoms with Crippen molar-refractivity contribution in [2.75, 3.05) is 0 Å². The maximum atomic E-state index is 2.36. The van der Waals surface area contributed by atoms with E-state index in [4.69, 9.17) is 0 Å². The first-order valence-electron chi connectivity index (χ1n) is 6.12. The summed E-state index contributed by atoms with van der Waals surface area (Å²) in [6.07, 6.45) is 20.0. The number of allylic oxidation sites excluding steroid dienone is 2. The van der Waals surface area contributed by atoms with Crippen molar-refractivity contribution < 1.29 is 34.1 Å². The molecule has 0 saturated heterocycles. The summed E-state index contributed by atoms with van der Waals surface area (Å²) in [4.78, 5) is 0. The fourth-order valence-electron chi connectivity index (χ4n) is 1.44. The zero-order valence-electron chi connectivity index (χ0n) is 10.8. The molecule has 94 valence electrons. The summed E-state index contributed by atoms with van der Waals surface area (Å²) in [5.74, 6) is 0. The summed E-state index contributed by atoms with van der Waals surface area (Å²) in [7, 11) is 0. The van der Waals surface area contributed by atoms with Gasteiger partial charge in [-0.3, -0.25) is 0 Å². The molecule has 2 heteroatoms. The monoisotopic (exact) mass is 277 g/mol. The molecule has 0 unspecified atom stereocenters. The zero-order valence-corrected chi connectivity index (χ0v) is 13.2. The van der Waals surface area contributed by atoms with E-state index in [0.717, 1.165) is 0 Å². The third kappa shape index (κ3) is 20.2. The van der Waals surface area contributed by atoms with Crippen molar-refractivity contribution in [2.24, 2.45) is 0 Å². The number of halogens is 1. The Bertz CT molecular complexity index is 86.7. The van der Waals surface area contributed by atoms with Gasteiger partial charge in [0.1, 0.15) is 0 Å². The van der Waals surface area contributed by atoms with Gasteiger partial charge in [-0.1, -0.05) is 63.5 Å². The van der Waals surface area contributed by atoms with Crippen molar-refractivity contribution >= 4 is 0 Å². The Balaban J connectivity index is -0.000000151. The van der Waals surface area contributed by atoms with Crippen LogP contribution < -0.4 is 12.4 Å². The zero-order chi connectivity index (χ0) is 10.5. The predicted molar refractivity (Wildman–Crippen MR) is 66.0 cm³/mol. The van der Waals surface area contributed by atoms with Crippen LogP contribution in [-0.4, -0.2) is 0 Å². The van der Waals surface area contributed by atoms with Crippen LogP contribution in [0.3, 0.4) is 0 Å². The molecule has 0 heterocycles. The van der Waals surface area contributed by atoms with E-state index in [-0.39, 0.29) is 34.1 Å². The molecule has 2 saturated carbocycles. The molecule has 0 spiro atoms. The average Bonchev–Trinajstić information content (AvgIpc) is 2.94. The first kappa shape index (κ1) is 22.0. The summed E-state index contributed by atoms with van der Waals surface area (Å²) in [5.41, 5.74) is 0. The number of rotatable bonds is 0. The van der Waals surface area contributed by atoms with Gasteiger partial charge in [-0.25, -0.2) is 0 Å². The fourth-order valence-corrected chi connectivity index (χ4v) is 1.44. The van der Waals surface area contributed by atoms with Crippen LogP contribution in [0.15, 0.2) is 12.2 Å². The van der Waals surface area contributed by atoms with Crippen LogP contribution in [0.2, 0.25) is 0 Å². The summed E-state index contributed by atoms with van der Waals surface area (Å²) in [6.45, 7) is 4.00. The molecule has 0 aromatic carbocycles. The van der Waals surface area contributed by atoms with Gasteiger partial charge in [0, 0.05) is 21.7 Å². The first-order chi connectivity index (χ1) is 6.91. The molecule has 0 aliphatic heterocycles. The number of hydrogen-bond acceptors (Lipinski definition) is 0. The largest absolute Gasteiger partial charge is 1.00 e. The first-order valence-corrected chi connectivity index (χ1v) is 6.12. The Labute approximate surface area is 124 Å². The third-order valence-electron chi connectivity index (χ3n) is 2.47. The molecule has 16 heavy (non-hydrogen) atoms. The Morgan fingerprint density at radius 3 is 1.00 bits per heavy atom. The van der Waals surface area contributed by atoms with E-state index in [0.29, 0.717) is 0 Å². The molecule has 2 aliphatic carbocycles. The maximum absolute atomic E-state index is 2.36. The third-order valence-corrected chi connectivity index (χ3v) is 2.47. The fraction of sp³-hybridized carbons (Fsp3) is 0.714. The summed E-state index contributed by atoms with van der Waals surface area (Å²) < 4.78 is 0. The van der Waals surface area contributed by atoms with Crippen molar-refractivity contribution in [1.29, 1.82) is 0 Å². The van der Waals surface area contributed by atoms with Gasteiger partial charge in [0.15, 0.2) is 0 Å². The molecular weight excluding hydrogens is 251 g/mol. The Kier molecular flexibility index (Phi) is 28.9.